The Morgan fingerprint density at radius 2 is 1.60 bits per heavy atom. The van der Waals surface area contributed by atoms with Crippen LogP contribution in [0.4, 0.5) is 0 Å². The molecule has 0 saturated carbocycles. The van der Waals surface area contributed by atoms with Gasteiger partial charge in [0.2, 0.25) is 11.3 Å². The minimum atomic E-state index is -1.14. The molecule has 1 fully saturated rings. The number of piperidine rings is 1. The van der Waals surface area contributed by atoms with Gasteiger partial charge in [0.05, 0.1) is 0 Å². The van der Waals surface area contributed by atoms with Gasteiger partial charge in [-0.3, -0.25) is 4.79 Å². The van der Waals surface area contributed by atoms with Gasteiger partial charge in [-0.25, -0.2) is 0 Å². The molecule has 2 unspecified atom stereocenters. The molecule has 2 aliphatic heterocycles. The van der Waals surface area contributed by atoms with Crippen LogP contribution in [-0.2, 0) is 10.3 Å². The van der Waals surface area contributed by atoms with Crippen molar-refractivity contribution in [3.05, 3.63) is 94.5 Å². The first kappa shape index (κ1) is 23.9. The van der Waals surface area contributed by atoms with E-state index in [0.29, 0.717) is 0 Å². The Labute approximate surface area is 215 Å². The van der Waals surface area contributed by atoms with E-state index in [-0.39, 0.29) is 5.78 Å². The molecule has 6 heteroatoms. The number of carbonyl (C=O) groups excluding carboxylic acids is 1. The van der Waals surface area contributed by atoms with Crippen molar-refractivity contribution in [1.82, 2.24) is 5.32 Å². The lowest BCUT2D eigenvalue weighted by Gasteiger charge is -2.23. The molecular formula is C29H32BrN4O+. The fraction of sp³-hybridized carbons (Fsp3) is 0.345. The van der Waals surface area contributed by atoms with Gasteiger partial charge in [0.1, 0.15) is 0 Å². The molecule has 0 spiro atoms. The van der Waals surface area contributed by atoms with Crippen LogP contribution in [0.25, 0.3) is 11.1 Å². The summed E-state index contributed by atoms with van der Waals surface area (Å²) in [6.45, 7) is 2.19. The molecule has 3 aromatic carbocycles. The van der Waals surface area contributed by atoms with Gasteiger partial charge in [0.25, 0.3) is 6.04 Å². The second-order valence-electron chi connectivity index (χ2n) is 9.65. The average molecular weight is 533 g/mol. The third kappa shape index (κ3) is 4.82. The molecule has 180 valence electrons. The Bertz CT molecular complexity index is 1220. The molecule has 0 aromatic heterocycles. The molecule has 1 saturated heterocycles. The van der Waals surface area contributed by atoms with Crippen LogP contribution >= 0.6 is 15.9 Å². The molecule has 2 aliphatic rings. The SMILES string of the molecule is N[N+]1=NC(c2ccccc2)(c2cccc(-c3cccc(Br)c3)c2)C(=O)C1CCCC1CCNCC1. The van der Waals surface area contributed by atoms with Crippen molar-refractivity contribution in [1.29, 1.82) is 0 Å². The van der Waals surface area contributed by atoms with Crippen molar-refractivity contribution in [3.8, 4) is 11.1 Å². The van der Waals surface area contributed by atoms with Crippen LogP contribution < -0.4 is 11.2 Å². The maximum absolute atomic E-state index is 14.2. The smallest absolute Gasteiger partial charge is 0.269 e. The topological polar surface area (TPSA) is 70.5 Å². The molecule has 0 amide bonds. The maximum Gasteiger partial charge on any atom is 0.269 e. The van der Waals surface area contributed by atoms with Gasteiger partial charge in [0, 0.05) is 16.0 Å². The number of ketones is 1. The second kappa shape index (κ2) is 10.4. The summed E-state index contributed by atoms with van der Waals surface area (Å²) >= 11 is 3.57. The summed E-state index contributed by atoms with van der Waals surface area (Å²) in [5, 5.41) is 8.31. The monoisotopic (exact) mass is 531 g/mol. The number of nitrogens with one attached hydrogen (secondary N) is 1. The van der Waals surface area contributed by atoms with Gasteiger partial charge in [0.15, 0.2) is 0 Å². The van der Waals surface area contributed by atoms with Crippen LogP contribution in [0.2, 0.25) is 0 Å². The van der Waals surface area contributed by atoms with E-state index in [1.165, 1.54) is 17.6 Å². The van der Waals surface area contributed by atoms with Gasteiger partial charge >= 0.3 is 0 Å². The number of nitrogens with two attached hydrogens (primary N) is 1. The van der Waals surface area contributed by atoms with Gasteiger partial charge in [-0.15, -0.1) is 0 Å². The molecule has 5 nitrogen and oxygen atoms in total. The number of Topliss-reactive ketones (excluding diaryl/α,β-unsaturated/α-hetero) is 1. The van der Waals surface area contributed by atoms with E-state index < -0.39 is 11.6 Å². The Morgan fingerprint density at radius 1 is 0.914 bits per heavy atom. The molecule has 2 atom stereocenters. The second-order valence-corrected chi connectivity index (χ2v) is 10.6. The summed E-state index contributed by atoms with van der Waals surface area (Å²) in [5.41, 5.74) is 2.69. The van der Waals surface area contributed by atoms with Crippen molar-refractivity contribution >= 4 is 21.7 Å². The lowest BCUT2D eigenvalue weighted by molar-refractivity contribution is -0.621. The molecule has 5 rings (SSSR count). The third-order valence-electron chi connectivity index (χ3n) is 7.42. The van der Waals surface area contributed by atoms with Crippen LogP contribution in [-0.4, -0.2) is 29.7 Å². The lowest BCUT2D eigenvalue weighted by atomic mass is 9.77. The predicted molar refractivity (Wildman–Crippen MR) is 142 cm³/mol. The van der Waals surface area contributed by atoms with Crippen molar-refractivity contribution in [2.45, 2.75) is 43.7 Å². The number of nitrogens with zero attached hydrogens (tertiary/aromatic N) is 2. The summed E-state index contributed by atoms with van der Waals surface area (Å²) in [4.78, 5) is 15.6. The summed E-state index contributed by atoms with van der Waals surface area (Å²) in [5.74, 6) is 7.23. The zero-order chi connectivity index (χ0) is 24.3. The number of rotatable bonds is 7. The van der Waals surface area contributed by atoms with Gasteiger partial charge in [-0.05, 0) is 83.5 Å². The average Bonchev–Trinajstić information content (AvgIpc) is 3.16. The summed E-state index contributed by atoms with van der Waals surface area (Å²) in [6.07, 6.45) is 5.27. The van der Waals surface area contributed by atoms with Crippen molar-refractivity contribution in [3.63, 3.8) is 0 Å². The highest BCUT2D eigenvalue weighted by atomic mass is 79.9. The molecule has 0 bridgehead atoms. The van der Waals surface area contributed by atoms with Crippen LogP contribution in [0, 0.1) is 5.92 Å². The number of carbonyl (C=O) groups is 1. The molecule has 3 N–H and O–H groups in total. The minimum absolute atomic E-state index is 0.0582. The summed E-state index contributed by atoms with van der Waals surface area (Å²) in [6, 6.07) is 25.8. The fourth-order valence-electron chi connectivity index (χ4n) is 5.52. The van der Waals surface area contributed by atoms with Crippen molar-refractivity contribution in [2.75, 3.05) is 13.1 Å². The quantitative estimate of drug-likeness (QED) is 0.298. The maximum atomic E-state index is 14.2. The van der Waals surface area contributed by atoms with E-state index in [4.69, 9.17) is 11.0 Å². The van der Waals surface area contributed by atoms with E-state index >= 15 is 0 Å². The standard InChI is InChI=1S/C29H32BrN4O/c30-26-13-6-9-23(20-26)22-8-5-12-25(19-22)29(24-10-2-1-3-11-24)28(35)27(34(31)33-29)14-4-7-21-15-17-32-18-16-21/h1-3,5-6,8-13,19-21,27,32H,4,7,14-18H2,(H2,31,33)/q+1. The Kier molecular flexibility index (Phi) is 7.12. The highest BCUT2D eigenvalue weighted by Crippen LogP contribution is 2.42. The molecular weight excluding hydrogens is 500 g/mol. The summed E-state index contributed by atoms with van der Waals surface area (Å²) in [7, 11) is 0. The summed E-state index contributed by atoms with van der Waals surface area (Å²) < 4.78 is 1.02. The van der Waals surface area contributed by atoms with Gasteiger partial charge in [-0.1, -0.05) is 83.0 Å². The van der Waals surface area contributed by atoms with Crippen LogP contribution in [0.15, 0.2) is 88.4 Å². The number of azo groups is 1. The largest absolute Gasteiger partial charge is 0.317 e. The first-order valence-corrected chi connectivity index (χ1v) is 13.3. The van der Waals surface area contributed by atoms with Crippen LogP contribution in [0.3, 0.4) is 0 Å². The number of hydrazine groups is 1. The number of benzene rings is 3. The Hall–Kier alpha value is -2.83. The predicted octanol–water partition coefficient (Wildman–Crippen LogP) is 5.82. The molecule has 35 heavy (non-hydrogen) atoms. The molecule has 3 aromatic rings. The number of hydrogen-bond donors (Lipinski definition) is 2. The van der Waals surface area contributed by atoms with Crippen molar-refractivity contribution in [2.24, 2.45) is 16.9 Å². The van der Waals surface area contributed by atoms with E-state index in [9.17, 15) is 4.79 Å². The Balaban J connectivity index is 1.48. The number of halogens is 1. The van der Waals surface area contributed by atoms with Crippen LogP contribution in [0.5, 0.6) is 0 Å². The van der Waals surface area contributed by atoms with Crippen molar-refractivity contribution < 1.29 is 9.60 Å². The van der Waals surface area contributed by atoms with E-state index in [1.54, 1.807) is 0 Å². The van der Waals surface area contributed by atoms with Gasteiger partial charge in [-0.2, -0.15) is 5.84 Å². The number of hydrogen-bond acceptors (Lipinski definition) is 4. The first-order chi connectivity index (χ1) is 17.1. The Morgan fingerprint density at radius 3 is 2.34 bits per heavy atom. The lowest BCUT2D eigenvalue weighted by Crippen LogP contribution is -2.40. The zero-order valence-electron chi connectivity index (χ0n) is 19.9. The molecule has 0 radical (unpaired) electrons. The first-order valence-electron chi connectivity index (χ1n) is 12.5. The van der Waals surface area contributed by atoms with E-state index in [0.717, 1.165) is 65.0 Å². The normalized spacial score (nSPS) is 22.8. The highest BCUT2D eigenvalue weighted by molar-refractivity contribution is 9.10. The van der Waals surface area contributed by atoms with E-state index in [1.807, 2.05) is 54.6 Å². The third-order valence-corrected chi connectivity index (χ3v) is 7.92. The molecule has 0 aliphatic carbocycles. The van der Waals surface area contributed by atoms with Gasteiger partial charge < -0.3 is 5.32 Å². The fourth-order valence-corrected chi connectivity index (χ4v) is 5.92. The zero-order valence-corrected chi connectivity index (χ0v) is 21.5. The molecule has 2 heterocycles. The van der Waals surface area contributed by atoms with E-state index in [2.05, 4.69) is 45.5 Å². The minimum Gasteiger partial charge on any atom is -0.317 e. The van der Waals surface area contributed by atoms with Crippen LogP contribution in [0.1, 0.15) is 43.2 Å². The highest BCUT2D eigenvalue weighted by Gasteiger charge is 2.58.